The van der Waals surface area contributed by atoms with Crippen molar-refractivity contribution in [2.75, 3.05) is 5.32 Å². The van der Waals surface area contributed by atoms with Gasteiger partial charge in [0.1, 0.15) is 23.9 Å². The Morgan fingerprint density at radius 2 is 2.11 bits per heavy atom. The zero-order valence-corrected chi connectivity index (χ0v) is 11.1. The summed E-state index contributed by atoms with van der Waals surface area (Å²) in [6.07, 6.45) is 3.26. The molecule has 3 aromatic rings. The van der Waals surface area contributed by atoms with Crippen LogP contribution in [0.25, 0.3) is 5.65 Å². The Kier molecular flexibility index (Phi) is 2.70. The van der Waals surface area contributed by atoms with Gasteiger partial charge in [0.25, 0.3) is 0 Å². The van der Waals surface area contributed by atoms with Gasteiger partial charge in [0.05, 0.1) is 6.20 Å². The summed E-state index contributed by atoms with van der Waals surface area (Å²) in [5.74, 6) is 2.34. The van der Waals surface area contributed by atoms with E-state index in [0.29, 0.717) is 5.89 Å². The van der Waals surface area contributed by atoms with E-state index in [1.165, 1.54) is 0 Å². The summed E-state index contributed by atoms with van der Waals surface area (Å²) in [6, 6.07) is 3.97. The number of fused-ring (bicyclic) bond motifs is 1. The molecule has 0 aliphatic carbocycles. The Morgan fingerprint density at radius 3 is 2.84 bits per heavy atom. The number of nitrogens with zero attached hydrogens (tertiary/aromatic N) is 4. The van der Waals surface area contributed by atoms with Gasteiger partial charge in [-0.2, -0.15) is 9.61 Å². The first kappa shape index (κ1) is 11.7. The first-order valence-electron chi connectivity index (χ1n) is 6.13. The molecule has 98 valence electrons. The molecule has 3 heterocycles. The molecule has 0 spiro atoms. The van der Waals surface area contributed by atoms with Crippen LogP contribution in [0.1, 0.15) is 30.2 Å². The molecule has 0 aliphatic rings. The van der Waals surface area contributed by atoms with Crippen LogP contribution in [0.5, 0.6) is 0 Å². The maximum atomic E-state index is 5.52. The smallest absolute Gasteiger partial charge is 0.216 e. The molecule has 1 unspecified atom stereocenters. The van der Waals surface area contributed by atoms with Gasteiger partial charge in [-0.25, -0.2) is 9.97 Å². The Balaban J connectivity index is 1.94. The minimum atomic E-state index is -0.0390. The number of aromatic nitrogens is 4. The molecule has 0 aromatic carbocycles. The van der Waals surface area contributed by atoms with E-state index < -0.39 is 0 Å². The topological polar surface area (TPSA) is 68.2 Å². The van der Waals surface area contributed by atoms with Crippen LogP contribution >= 0.6 is 0 Å². The van der Waals surface area contributed by atoms with Crippen molar-refractivity contribution in [3.8, 4) is 0 Å². The maximum absolute atomic E-state index is 5.52. The van der Waals surface area contributed by atoms with Crippen LogP contribution in [-0.2, 0) is 0 Å². The first-order valence-corrected chi connectivity index (χ1v) is 6.13. The number of rotatable bonds is 3. The number of oxazole rings is 1. The molecule has 0 saturated heterocycles. The summed E-state index contributed by atoms with van der Waals surface area (Å²) in [5.41, 5.74) is 1.94. The highest BCUT2D eigenvalue weighted by Gasteiger charge is 2.13. The number of aryl methyl sites for hydroxylation is 2. The Labute approximate surface area is 110 Å². The largest absolute Gasteiger partial charge is 0.444 e. The average Bonchev–Trinajstić information content (AvgIpc) is 2.97. The quantitative estimate of drug-likeness (QED) is 0.780. The van der Waals surface area contributed by atoms with Crippen molar-refractivity contribution >= 4 is 11.5 Å². The van der Waals surface area contributed by atoms with Crippen LogP contribution in [0.3, 0.4) is 0 Å². The van der Waals surface area contributed by atoms with Crippen molar-refractivity contribution in [2.24, 2.45) is 0 Å². The summed E-state index contributed by atoms with van der Waals surface area (Å²) in [5, 5.41) is 7.55. The van der Waals surface area contributed by atoms with Gasteiger partial charge in [-0.05, 0) is 38.5 Å². The van der Waals surface area contributed by atoms with Crippen molar-refractivity contribution in [1.82, 2.24) is 19.6 Å². The van der Waals surface area contributed by atoms with Gasteiger partial charge in [-0.15, -0.1) is 0 Å². The zero-order chi connectivity index (χ0) is 13.4. The van der Waals surface area contributed by atoms with Crippen LogP contribution in [0.15, 0.2) is 29.1 Å². The lowest BCUT2D eigenvalue weighted by Crippen LogP contribution is -2.10. The molecule has 0 aliphatic heterocycles. The molecule has 1 N–H and O–H groups in total. The lowest BCUT2D eigenvalue weighted by atomic mass is 10.2. The highest BCUT2D eigenvalue weighted by Crippen LogP contribution is 2.20. The first-order chi connectivity index (χ1) is 9.13. The van der Waals surface area contributed by atoms with E-state index in [1.54, 1.807) is 17.0 Å². The summed E-state index contributed by atoms with van der Waals surface area (Å²) >= 11 is 0. The van der Waals surface area contributed by atoms with E-state index in [0.717, 1.165) is 22.8 Å². The molecule has 0 saturated carbocycles. The standard InChI is InChI=1S/C13H15N5O/c1-8-4-11-15-7-16-18(11)12(5-8)17-10(3)13-14-6-9(2)19-13/h4-7,10,17H,1-3H3. The van der Waals surface area contributed by atoms with Crippen molar-refractivity contribution in [2.45, 2.75) is 26.8 Å². The van der Waals surface area contributed by atoms with E-state index in [-0.39, 0.29) is 6.04 Å². The second kappa shape index (κ2) is 4.38. The molecular formula is C13H15N5O. The summed E-state index contributed by atoms with van der Waals surface area (Å²) in [7, 11) is 0. The number of hydrogen-bond donors (Lipinski definition) is 1. The van der Waals surface area contributed by atoms with Gasteiger partial charge in [0.15, 0.2) is 5.65 Å². The lowest BCUT2D eigenvalue weighted by molar-refractivity contribution is 0.453. The monoisotopic (exact) mass is 257 g/mol. The molecule has 0 bridgehead atoms. The third-order valence-electron chi connectivity index (χ3n) is 2.90. The fourth-order valence-corrected chi connectivity index (χ4v) is 2.02. The van der Waals surface area contributed by atoms with Gasteiger partial charge in [0.2, 0.25) is 5.89 Å². The molecule has 3 rings (SSSR count). The molecule has 6 nitrogen and oxygen atoms in total. The lowest BCUT2D eigenvalue weighted by Gasteiger charge is -2.13. The van der Waals surface area contributed by atoms with Crippen molar-refractivity contribution in [3.05, 3.63) is 41.9 Å². The fourth-order valence-electron chi connectivity index (χ4n) is 2.02. The molecule has 3 aromatic heterocycles. The van der Waals surface area contributed by atoms with Crippen LogP contribution < -0.4 is 5.32 Å². The van der Waals surface area contributed by atoms with Crippen molar-refractivity contribution in [1.29, 1.82) is 0 Å². The molecule has 6 heteroatoms. The van der Waals surface area contributed by atoms with E-state index in [9.17, 15) is 0 Å². The molecule has 19 heavy (non-hydrogen) atoms. The number of nitrogens with one attached hydrogen (secondary N) is 1. The van der Waals surface area contributed by atoms with E-state index >= 15 is 0 Å². The SMILES string of the molecule is Cc1cc(NC(C)c2ncc(C)o2)n2ncnc2c1. The van der Waals surface area contributed by atoms with E-state index in [4.69, 9.17) is 4.42 Å². The molecular weight excluding hydrogens is 242 g/mol. The van der Waals surface area contributed by atoms with E-state index in [2.05, 4.69) is 20.4 Å². The van der Waals surface area contributed by atoms with Crippen molar-refractivity contribution in [3.63, 3.8) is 0 Å². The Morgan fingerprint density at radius 1 is 1.26 bits per heavy atom. The van der Waals surface area contributed by atoms with Gasteiger partial charge < -0.3 is 9.73 Å². The Hall–Kier alpha value is -2.37. The summed E-state index contributed by atoms with van der Waals surface area (Å²) in [4.78, 5) is 8.42. The highest BCUT2D eigenvalue weighted by atomic mass is 16.4. The van der Waals surface area contributed by atoms with Crippen molar-refractivity contribution < 1.29 is 4.42 Å². The molecule has 1 atom stereocenters. The summed E-state index contributed by atoms with van der Waals surface area (Å²) < 4.78 is 7.29. The third kappa shape index (κ3) is 2.16. The predicted octanol–water partition coefficient (Wildman–Crippen LogP) is 2.51. The highest BCUT2D eigenvalue weighted by molar-refractivity contribution is 5.51. The normalized spacial score (nSPS) is 12.8. The summed E-state index contributed by atoms with van der Waals surface area (Å²) in [6.45, 7) is 5.90. The second-order valence-corrected chi connectivity index (χ2v) is 4.62. The predicted molar refractivity (Wildman–Crippen MR) is 71.0 cm³/mol. The van der Waals surface area contributed by atoms with Gasteiger partial charge >= 0.3 is 0 Å². The van der Waals surface area contributed by atoms with Gasteiger partial charge in [-0.1, -0.05) is 0 Å². The third-order valence-corrected chi connectivity index (χ3v) is 2.90. The number of pyridine rings is 1. The van der Waals surface area contributed by atoms with Crippen LogP contribution in [0.4, 0.5) is 5.82 Å². The minimum absolute atomic E-state index is 0.0390. The molecule has 0 radical (unpaired) electrons. The molecule has 0 fully saturated rings. The van der Waals surface area contributed by atoms with Crippen LogP contribution in [0, 0.1) is 13.8 Å². The van der Waals surface area contributed by atoms with E-state index in [1.807, 2.05) is 32.9 Å². The van der Waals surface area contributed by atoms with Crippen LogP contribution in [0.2, 0.25) is 0 Å². The fraction of sp³-hybridized carbons (Fsp3) is 0.308. The second-order valence-electron chi connectivity index (χ2n) is 4.62. The average molecular weight is 257 g/mol. The zero-order valence-electron chi connectivity index (χ0n) is 11.1. The van der Waals surface area contributed by atoms with Gasteiger partial charge in [0, 0.05) is 0 Å². The number of hydrogen-bond acceptors (Lipinski definition) is 5. The number of anilines is 1. The molecule has 0 amide bonds. The minimum Gasteiger partial charge on any atom is -0.444 e. The van der Waals surface area contributed by atoms with Crippen LogP contribution in [-0.4, -0.2) is 19.6 Å². The Bertz CT molecular complexity index is 715. The maximum Gasteiger partial charge on any atom is 0.216 e. The van der Waals surface area contributed by atoms with Gasteiger partial charge in [-0.3, -0.25) is 0 Å².